The lowest BCUT2D eigenvalue weighted by molar-refractivity contribution is -0.115. The summed E-state index contributed by atoms with van der Waals surface area (Å²) in [4.78, 5) is 24.8. The molecule has 3 N–H and O–H groups in total. The number of H-pyrrole nitrogens is 1. The number of hydrogen-bond donors (Lipinski definition) is 3. The van der Waals surface area contributed by atoms with Gasteiger partial charge < -0.3 is 15.5 Å². The van der Waals surface area contributed by atoms with Crippen molar-refractivity contribution in [3.63, 3.8) is 0 Å². The van der Waals surface area contributed by atoms with E-state index in [4.69, 9.17) is 0 Å². The maximum atomic E-state index is 12.3. The topological polar surface area (TPSA) is 98.3 Å². The molecule has 2 aromatic heterocycles. The Kier molecular flexibility index (Phi) is 5.42. The van der Waals surface area contributed by atoms with Gasteiger partial charge in [-0.05, 0) is 50.1 Å². The smallest absolute Gasteiger partial charge is 0.264 e. The van der Waals surface area contributed by atoms with Crippen LogP contribution in [-0.2, 0) is 4.79 Å². The first-order valence-corrected chi connectivity index (χ1v) is 10.3. The van der Waals surface area contributed by atoms with Gasteiger partial charge in [0.05, 0.1) is 27.2 Å². The third-order valence-corrected chi connectivity index (χ3v) is 5.75. The highest BCUT2D eigenvalue weighted by Crippen LogP contribution is 2.30. The van der Waals surface area contributed by atoms with Crippen LogP contribution >= 0.6 is 23.1 Å². The predicted molar refractivity (Wildman–Crippen MR) is 116 cm³/mol. The Labute approximate surface area is 170 Å². The fourth-order valence-corrected chi connectivity index (χ4v) is 4.24. The zero-order valence-corrected chi connectivity index (χ0v) is 17.0. The van der Waals surface area contributed by atoms with Crippen molar-refractivity contribution in [3.8, 4) is 0 Å². The summed E-state index contributed by atoms with van der Waals surface area (Å²) in [5.41, 5.74) is 1.66. The van der Waals surface area contributed by atoms with Gasteiger partial charge in [-0.3, -0.25) is 9.89 Å². The van der Waals surface area contributed by atoms with E-state index in [-0.39, 0.29) is 5.91 Å². The Balaban J connectivity index is 1.44. The largest absolute Gasteiger partial charge is 0.360 e. The fourth-order valence-electron chi connectivity index (χ4n) is 2.54. The van der Waals surface area contributed by atoms with Crippen LogP contribution in [0.3, 0.4) is 0 Å². The average Bonchev–Trinajstić information content (AvgIpc) is 3.36. The van der Waals surface area contributed by atoms with Gasteiger partial charge >= 0.3 is 0 Å². The van der Waals surface area contributed by atoms with Gasteiger partial charge in [0.2, 0.25) is 0 Å². The lowest BCUT2D eigenvalue weighted by Crippen LogP contribution is -2.20. The molecule has 0 radical (unpaired) electrons. The molecule has 1 aromatic carbocycles. The van der Waals surface area contributed by atoms with Gasteiger partial charge in [-0.25, -0.2) is 9.98 Å². The van der Waals surface area contributed by atoms with E-state index in [2.05, 4.69) is 35.7 Å². The number of aromatic nitrogens is 3. The van der Waals surface area contributed by atoms with E-state index in [0.717, 1.165) is 39.7 Å². The van der Waals surface area contributed by atoms with Gasteiger partial charge in [0, 0.05) is 24.7 Å². The van der Waals surface area contributed by atoms with Crippen LogP contribution in [0.15, 0.2) is 40.5 Å². The van der Waals surface area contributed by atoms with Crippen molar-refractivity contribution in [1.29, 1.82) is 0 Å². The Hall–Kier alpha value is -2.69. The molecule has 0 unspecified atom stereocenters. The maximum Gasteiger partial charge on any atom is 0.264 e. The quantitative estimate of drug-likeness (QED) is 0.538. The second-order valence-corrected chi connectivity index (χ2v) is 8.51. The standard InChI is InChI=1S/C18H19N7OS2/c1-25(2)6-5-19-17-20-10-13(27-17)8-15-16(26)23-18(28-15)22-12-4-3-11-9-21-24-14(11)7-12/h3-4,7-10H,5-6H2,1-2H3,(H,19,20)(H,21,24)(H,22,23,26)/b15-8-. The van der Waals surface area contributed by atoms with Crippen molar-refractivity contribution in [1.82, 2.24) is 25.4 Å². The summed E-state index contributed by atoms with van der Waals surface area (Å²) in [6.45, 7) is 1.75. The zero-order valence-electron chi connectivity index (χ0n) is 15.4. The SMILES string of the molecule is CN(C)CCNc1ncc(/C=C2\SC(=Nc3ccc4cn[nH]c4c3)NC2=O)s1. The number of carbonyl (C=O) groups is 1. The number of aliphatic imine (C=N–C) groups is 1. The molecule has 4 rings (SSSR count). The molecule has 0 spiro atoms. The van der Waals surface area contributed by atoms with E-state index in [1.807, 2.05) is 38.4 Å². The molecule has 1 amide bonds. The Morgan fingerprint density at radius 3 is 3.07 bits per heavy atom. The number of anilines is 1. The summed E-state index contributed by atoms with van der Waals surface area (Å²) < 4.78 is 0. The minimum atomic E-state index is -0.151. The molecule has 10 heteroatoms. The number of benzene rings is 1. The molecule has 144 valence electrons. The van der Waals surface area contributed by atoms with Gasteiger partial charge in [-0.2, -0.15) is 5.10 Å². The van der Waals surface area contributed by atoms with Crippen molar-refractivity contribution in [2.45, 2.75) is 0 Å². The number of aromatic amines is 1. The fraction of sp³-hybridized carbons (Fsp3) is 0.222. The summed E-state index contributed by atoms with van der Waals surface area (Å²) in [5.74, 6) is -0.151. The molecule has 0 bridgehead atoms. The number of nitrogens with one attached hydrogen (secondary N) is 3. The number of carbonyl (C=O) groups excluding carboxylic acids is 1. The van der Waals surface area contributed by atoms with Crippen molar-refractivity contribution in [2.24, 2.45) is 4.99 Å². The van der Waals surface area contributed by atoms with E-state index >= 15 is 0 Å². The molecule has 3 heterocycles. The predicted octanol–water partition coefficient (Wildman–Crippen LogP) is 2.88. The number of amidine groups is 1. The zero-order chi connectivity index (χ0) is 19.5. The van der Waals surface area contributed by atoms with Gasteiger partial charge in [0.1, 0.15) is 0 Å². The highest BCUT2D eigenvalue weighted by molar-refractivity contribution is 8.18. The van der Waals surface area contributed by atoms with Gasteiger partial charge in [-0.1, -0.05) is 11.3 Å². The Bertz CT molecular complexity index is 1070. The van der Waals surface area contributed by atoms with Crippen LogP contribution in [0.5, 0.6) is 0 Å². The molecule has 0 saturated carbocycles. The van der Waals surface area contributed by atoms with Gasteiger partial charge in [0.15, 0.2) is 10.3 Å². The number of likely N-dealkylation sites (N-methyl/N-ethyl adjacent to an activating group) is 1. The minimum Gasteiger partial charge on any atom is -0.360 e. The van der Waals surface area contributed by atoms with E-state index in [0.29, 0.717) is 10.1 Å². The number of nitrogens with zero attached hydrogens (tertiary/aromatic N) is 4. The average molecular weight is 414 g/mol. The van der Waals surface area contributed by atoms with Crippen LogP contribution < -0.4 is 10.6 Å². The van der Waals surface area contributed by atoms with Crippen LogP contribution in [0.1, 0.15) is 4.88 Å². The lowest BCUT2D eigenvalue weighted by Gasteiger charge is -2.08. The van der Waals surface area contributed by atoms with Crippen molar-refractivity contribution >= 4 is 62.0 Å². The first-order chi connectivity index (χ1) is 13.6. The van der Waals surface area contributed by atoms with Crippen LogP contribution in [-0.4, -0.2) is 58.3 Å². The van der Waals surface area contributed by atoms with Crippen molar-refractivity contribution in [3.05, 3.63) is 40.4 Å². The monoisotopic (exact) mass is 413 g/mol. The second-order valence-electron chi connectivity index (χ2n) is 6.42. The molecule has 3 aromatic rings. The number of hydrogen-bond acceptors (Lipinski definition) is 8. The van der Waals surface area contributed by atoms with E-state index in [9.17, 15) is 4.79 Å². The third kappa shape index (κ3) is 4.41. The molecule has 1 aliphatic rings. The number of fused-ring (bicyclic) bond motifs is 1. The molecule has 1 aliphatic heterocycles. The Morgan fingerprint density at radius 1 is 1.32 bits per heavy atom. The van der Waals surface area contributed by atoms with Crippen LogP contribution in [0, 0.1) is 0 Å². The van der Waals surface area contributed by atoms with E-state index in [1.54, 1.807) is 12.4 Å². The molecule has 0 aliphatic carbocycles. The van der Waals surface area contributed by atoms with E-state index < -0.39 is 0 Å². The molecule has 28 heavy (non-hydrogen) atoms. The lowest BCUT2D eigenvalue weighted by atomic mass is 10.2. The molecule has 8 nitrogen and oxygen atoms in total. The Morgan fingerprint density at radius 2 is 2.21 bits per heavy atom. The van der Waals surface area contributed by atoms with Gasteiger partial charge in [0.25, 0.3) is 5.91 Å². The maximum absolute atomic E-state index is 12.3. The van der Waals surface area contributed by atoms with Crippen LogP contribution in [0.4, 0.5) is 10.8 Å². The first-order valence-electron chi connectivity index (χ1n) is 8.64. The molecule has 1 saturated heterocycles. The normalized spacial score (nSPS) is 17.2. The number of rotatable bonds is 6. The molecular formula is C18H19N7OS2. The summed E-state index contributed by atoms with van der Waals surface area (Å²) in [6, 6.07) is 5.74. The van der Waals surface area contributed by atoms with Crippen LogP contribution in [0.25, 0.3) is 17.0 Å². The van der Waals surface area contributed by atoms with Gasteiger partial charge in [-0.15, -0.1) is 0 Å². The van der Waals surface area contributed by atoms with Crippen molar-refractivity contribution in [2.75, 3.05) is 32.5 Å². The summed E-state index contributed by atoms with van der Waals surface area (Å²) in [6.07, 6.45) is 5.37. The second kappa shape index (κ2) is 8.13. The number of amides is 1. The third-order valence-electron chi connectivity index (χ3n) is 3.94. The summed E-state index contributed by atoms with van der Waals surface area (Å²) in [7, 11) is 4.06. The van der Waals surface area contributed by atoms with Crippen LogP contribution in [0.2, 0.25) is 0 Å². The van der Waals surface area contributed by atoms with Crippen molar-refractivity contribution < 1.29 is 4.79 Å². The number of thioether (sulfide) groups is 1. The number of thiazole rings is 1. The first kappa shape index (κ1) is 18.7. The van der Waals surface area contributed by atoms with E-state index in [1.165, 1.54) is 23.1 Å². The molecule has 1 fully saturated rings. The highest BCUT2D eigenvalue weighted by atomic mass is 32.2. The minimum absolute atomic E-state index is 0.151. The summed E-state index contributed by atoms with van der Waals surface area (Å²) >= 11 is 2.84. The summed E-state index contributed by atoms with van der Waals surface area (Å²) in [5, 5.41) is 15.4. The molecular weight excluding hydrogens is 394 g/mol. The highest BCUT2D eigenvalue weighted by Gasteiger charge is 2.24. The molecule has 0 atom stereocenters.